The molecule has 0 fully saturated rings. The van der Waals surface area contributed by atoms with Crippen molar-refractivity contribution in [3.05, 3.63) is 28.3 Å². The first-order valence-electron chi connectivity index (χ1n) is 6.48. The molecule has 0 radical (unpaired) electrons. The maximum Gasteiger partial charge on any atom is 0.316 e. The molecule has 106 valence electrons. The summed E-state index contributed by atoms with van der Waals surface area (Å²) in [7, 11) is 5.13. The Bertz CT molecular complexity index is 470. The van der Waals surface area contributed by atoms with Crippen LogP contribution in [0, 0.1) is 20.8 Å². The number of nitrogens with one attached hydrogen (secondary N) is 1. The zero-order chi connectivity index (χ0) is 14.6. The van der Waals surface area contributed by atoms with Crippen molar-refractivity contribution in [1.29, 1.82) is 0 Å². The van der Waals surface area contributed by atoms with Crippen molar-refractivity contribution in [1.82, 2.24) is 10.2 Å². The molecule has 0 atom stereocenters. The SMILES string of the molecule is CNC(=O)N(C)CCc1c(C)cc(C)c(C)c1OC. The van der Waals surface area contributed by atoms with Crippen LogP contribution in [0.25, 0.3) is 0 Å². The monoisotopic (exact) mass is 264 g/mol. The van der Waals surface area contributed by atoms with Gasteiger partial charge in [-0.2, -0.15) is 0 Å². The lowest BCUT2D eigenvalue weighted by atomic mass is 9.97. The third-order valence-corrected chi connectivity index (χ3v) is 3.58. The van der Waals surface area contributed by atoms with Crippen molar-refractivity contribution in [2.45, 2.75) is 27.2 Å². The van der Waals surface area contributed by atoms with Gasteiger partial charge in [0, 0.05) is 20.6 Å². The van der Waals surface area contributed by atoms with Crippen LogP contribution in [0.2, 0.25) is 0 Å². The lowest BCUT2D eigenvalue weighted by Gasteiger charge is -2.20. The first kappa shape index (κ1) is 15.3. The molecule has 1 rings (SSSR count). The summed E-state index contributed by atoms with van der Waals surface area (Å²) in [6.07, 6.45) is 0.792. The number of benzene rings is 1. The van der Waals surface area contributed by atoms with E-state index in [0.717, 1.165) is 12.2 Å². The average Bonchev–Trinajstić information content (AvgIpc) is 2.39. The van der Waals surface area contributed by atoms with Crippen LogP contribution in [0.15, 0.2) is 6.07 Å². The van der Waals surface area contributed by atoms with Crippen LogP contribution in [0.1, 0.15) is 22.3 Å². The third kappa shape index (κ3) is 3.40. The quantitative estimate of drug-likeness (QED) is 0.907. The maximum absolute atomic E-state index is 11.5. The van der Waals surface area contributed by atoms with Crippen LogP contribution in [0.3, 0.4) is 0 Å². The molecule has 19 heavy (non-hydrogen) atoms. The van der Waals surface area contributed by atoms with E-state index >= 15 is 0 Å². The molecule has 0 bridgehead atoms. The molecule has 0 saturated carbocycles. The molecule has 1 aromatic carbocycles. The van der Waals surface area contributed by atoms with Crippen molar-refractivity contribution in [2.24, 2.45) is 0 Å². The summed E-state index contributed by atoms with van der Waals surface area (Å²) in [6.45, 7) is 6.91. The van der Waals surface area contributed by atoms with Crippen molar-refractivity contribution >= 4 is 6.03 Å². The lowest BCUT2D eigenvalue weighted by Crippen LogP contribution is -2.36. The molecule has 4 nitrogen and oxygen atoms in total. The van der Waals surface area contributed by atoms with Gasteiger partial charge in [0.2, 0.25) is 0 Å². The summed E-state index contributed by atoms with van der Waals surface area (Å²) in [5, 5.41) is 2.62. The summed E-state index contributed by atoms with van der Waals surface area (Å²) in [5.74, 6) is 0.947. The van der Waals surface area contributed by atoms with Gasteiger partial charge in [-0.1, -0.05) is 6.07 Å². The number of rotatable bonds is 4. The van der Waals surface area contributed by atoms with Gasteiger partial charge in [0.25, 0.3) is 0 Å². The summed E-state index contributed by atoms with van der Waals surface area (Å²) >= 11 is 0. The molecular weight excluding hydrogens is 240 g/mol. The number of methoxy groups -OCH3 is 1. The van der Waals surface area contributed by atoms with Crippen molar-refractivity contribution in [3.63, 3.8) is 0 Å². The Kier molecular flexibility index (Phi) is 5.21. The number of nitrogens with zero attached hydrogens (tertiary/aromatic N) is 1. The zero-order valence-electron chi connectivity index (χ0n) is 12.8. The number of urea groups is 1. The largest absolute Gasteiger partial charge is 0.496 e. The third-order valence-electron chi connectivity index (χ3n) is 3.58. The first-order chi connectivity index (χ1) is 8.92. The number of ether oxygens (including phenoxy) is 1. The highest BCUT2D eigenvalue weighted by molar-refractivity contribution is 5.73. The Morgan fingerprint density at radius 2 is 1.95 bits per heavy atom. The topological polar surface area (TPSA) is 41.6 Å². The molecule has 0 aliphatic carbocycles. The average molecular weight is 264 g/mol. The predicted molar refractivity (Wildman–Crippen MR) is 78.0 cm³/mol. The predicted octanol–water partition coefficient (Wildman–Crippen LogP) is 2.43. The molecule has 0 aliphatic heterocycles. The Morgan fingerprint density at radius 3 is 2.47 bits per heavy atom. The Morgan fingerprint density at radius 1 is 1.32 bits per heavy atom. The van der Waals surface area contributed by atoms with Crippen molar-refractivity contribution < 1.29 is 9.53 Å². The molecule has 0 unspecified atom stereocenters. The highest BCUT2D eigenvalue weighted by atomic mass is 16.5. The van der Waals surface area contributed by atoms with Gasteiger partial charge in [-0.25, -0.2) is 4.79 Å². The van der Waals surface area contributed by atoms with Crippen LogP contribution in [-0.4, -0.2) is 38.7 Å². The smallest absolute Gasteiger partial charge is 0.316 e. The highest BCUT2D eigenvalue weighted by Gasteiger charge is 2.14. The van der Waals surface area contributed by atoms with Gasteiger partial charge in [0.05, 0.1) is 7.11 Å². The fourth-order valence-electron chi connectivity index (χ4n) is 2.26. The maximum atomic E-state index is 11.5. The molecule has 1 aromatic rings. The fourth-order valence-corrected chi connectivity index (χ4v) is 2.26. The van der Waals surface area contributed by atoms with E-state index in [4.69, 9.17) is 4.74 Å². The molecule has 0 spiro atoms. The van der Waals surface area contributed by atoms with E-state index in [1.165, 1.54) is 22.3 Å². The second-order valence-electron chi connectivity index (χ2n) is 4.87. The van der Waals surface area contributed by atoms with E-state index in [2.05, 4.69) is 32.2 Å². The molecule has 2 amide bonds. The Labute approximate surface area is 115 Å². The fraction of sp³-hybridized carbons (Fsp3) is 0.533. The van der Waals surface area contributed by atoms with E-state index in [-0.39, 0.29) is 6.03 Å². The highest BCUT2D eigenvalue weighted by Crippen LogP contribution is 2.29. The van der Waals surface area contributed by atoms with E-state index in [9.17, 15) is 4.79 Å². The molecule has 1 N–H and O–H groups in total. The number of hydrogen-bond donors (Lipinski definition) is 1. The molecular formula is C15H24N2O2. The minimum absolute atomic E-state index is 0.0690. The summed E-state index contributed by atoms with van der Waals surface area (Å²) < 4.78 is 5.54. The van der Waals surface area contributed by atoms with E-state index < -0.39 is 0 Å². The van der Waals surface area contributed by atoms with E-state index in [0.29, 0.717) is 6.54 Å². The number of hydrogen-bond acceptors (Lipinski definition) is 2. The molecule has 4 heteroatoms. The van der Waals surface area contributed by atoms with E-state index in [1.54, 1.807) is 26.1 Å². The molecule has 0 aromatic heterocycles. The van der Waals surface area contributed by atoms with Gasteiger partial charge in [0.15, 0.2) is 0 Å². The van der Waals surface area contributed by atoms with Crippen LogP contribution < -0.4 is 10.1 Å². The van der Waals surface area contributed by atoms with Gasteiger partial charge in [0.1, 0.15) is 5.75 Å². The Hall–Kier alpha value is -1.71. The van der Waals surface area contributed by atoms with Crippen molar-refractivity contribution in [3.8, 4) is 5.75 Å². The second-order valence-corrected chi connectivity index (χ2v) is 4.87. The summed E-state index contributed by atoms with van der Waals surface area (Å²) in [6, 6.07) is 2.10. The van der Waals surface area contributed by atoms with Crippen molar-refractivity contribution in [2.75, 3.05) is 27.7 Å². The zero-order valence-corrected chi connectivity index (χ0v) is 12.8. The first-order valence-corrected chi connectivity index (χ1v) is 6.48. The standard InChI is InChI=1S/C15H24N2O2/c1-10-9-11(2)13(14(19-6)12(10)3)7-8-17(5)15(18)16-4/h9H,7-8H2,1-6H3,(H,16,18). The Balaban J connectivity index is 2.95. The number of aryl methyl sites for hydroxylation is 2. The van der Waals surface area contributed by atoms with Gasteiger partial charge >= 0.3 is 6.03 Å². The summed E-state index contributed by atoms with van der Waals surface area (Å²) in [4.78, 5) is 13.2. The van der Waals surface area contributed by atoms with Crippen LogP contribution >= 0.6 is 0 Å². The summed E-state index contributed by atoms with van der Waals surface area (Å²) in [5.41, 5.74) is 4.80. The van der Waals surface area contributed by atoms with Gasteiger partial charge < -0.3 is 15.0 Å². The van der Waals surface area contributed by atoms with Gasteiger partial charge in [-0.05, 0) is 49.4 Å². The lowest BCUT2D eigenvalue weighted by molar-refractivity contribution is 0.211. The number of amides is 2. The van der Waals surface area contributed by atoms with Crippen LogP contribution in [-0.2, 0) is 6.42 Å². The molecule has 0 aliphatic rings. The molecule has 0 saturated heterocycles. The normalized spacial score (nSPS) is 10.2. The van der Waals surface area contributed by atoms with Gasteiger partial charge in [-0.15, -0.1) is 0 Å². The number of carbonyl (C=O) groups excluding carboxylic acids is 1. The molecule has 0 heterocycles. The number of carbonyl (C=O) groups is 1. The van der Waals surface area contributed by atoms with E-state index in [1.807, 2.05) is 0 Å². The van der Waals surface area contributed by atoms with Gasteiger partial charge in [-0.3, -0.25) is 0 Å². The van der Waals surface area contributed by atoms with Crippen LogP contribution in [0.4, 0.5) is 4.79 Å². The minimum Gasteiger partial charge on any atom is -0.496 e. The number of likely N-dealkylation sites (N-methyl/N-ethyl adjacent to an activating group) is 1. The van der Waals surface area contributed by atoms with Crippen LogP contribution in [0.5, 0.6) is 5.75 Å². The minimum atomic E-state index is -0.0690. The second kappa shape index (κ2) is 6.45.